The van der Waals surface area contributed by atoms with Crippen LogP contribution in [0.25, 0.3) is 0 Å². The molecule has 2 fully saturated rings. The molecule has 2 saturated heterocycles. The first-order valence-electron chi connectivity index (χ1n) is 8.79. The number of amides is 2. The summed E-state index contributed by atoms with van der Waals surface area (Å²) in [5.41, 5.74) is 5.18. The molecule has 0 aliphatic carbocycles. The average molecular weight is 409 g/mol. The molecule has 11 heteroatoms. The van der Waals surface area contributed by atoms with Gasteiger partial charge in [0.2, 0.25) is 21.8 Å². The van der Waals surface area contributed by atoms with Gasteiger partial charge in [0.25, 0.3) is 0 Å². The van der Waals surface area contributed by atoms with Gasteiger partial charge >= 0.3 is 0 Å². The third-order valence-electron chi connectivity index (χ3n) is 5.17. The van der Waals surface area contributed by atoms with Crippen LogP contribution in [0.15, 0.2) is 29.4 Å². The maximum Gasteiger partial charge on any atom is 0.244 e. The molecule has 1 aromatic rings. The molecule has 2 amide bonds. The molecule has 2 N–H and O–H groups in total. The van der Waals surface area contributed by atoms with Crippen LogP contribution in [-0.2, 0) is 24.4 Å². The number of pyridine rings is 1. The fourth-order valence-corrected chi connectivity index (χ4v) is 5.17. The second kappa shape index (κ2) is 7.47. The van der Waals surface area contributed by atoms with Crippen LogP contribution in [-0.4, -0.2) is 60.4 Å². The summed E-state index contributed by atoms with van der Waals surface area (Å²) in [7, 11) is -3.98. The van der Waals surface area contributed by atoms with Crippen molar-refractivity contribution in [3.63, 3.8) is 0 Å². The summed E-state index contributed by atoms with van der Waals surface area (Å²) in [5.74, 6) is -1.81. The van der Waals surface area contributed by atoms with Crippen LogP contribution in [0.1, 0.15) is 19.8 Å². The number of hydrogen-bond acceptors (Lipinski definition) is 6. The zero-order valence-electron chi connectivity index (χ0n) is 15.2. The van der Waals surface area contributed by atoms with Crippen molar-refractivity contribution >= 4 is 27.6 Å². The van der Waals surface area contributed by atoms with Gasteiger partial charge in [0, 0.05) is 24.6 Å². The Labute approximate surface area is 162 Å². The van der Waals surface area contributed by atoms with Gasteiger partial charge in [0.05, 0.1) is 23.9 Å². The van der Waals surface area contributed by atoms with Crippen LogP contribution in [0, 0.1) is 17.5 Å². The van der Waals surface area contributed by atoms with Crippen molar-refractivity contribution in [2.45, 2.75) is 36.7 Å². The first-order chi connectivity index (χ1) is 13.1. The molecule has 3 unspecified atom stereocenters. The normalized spacial score (nSPS) is 23.6. The molecule has 151 valence electrons. The highest BCUT2D eigenvalue weighted by Crippen LogP contribution is 2.34. The van der Waals surface area contributed by atoms with Crippen LogP contribution in [0.5, 0.6) is 0 Å². The quantitative estimate of drug-likeness (QED) is 0.451. The number of nitrogens with two attached hydrogens (primary N) is 1. The Hall–Kier alpha value is -2.53. The molecule has 10 nitrogen and oxygen atoms in total. The van der Waals surface area contributed by atoms with E-state index in [4.69, 9.17) is 5.73 Å². The number of nitrogens with zero attached hydrogens (tertiary/aromatic N) is 3. The fourth-order valence-electron chi connectivity index (χ4n) is 3.56. The minimum atomic E-state index is -3.98. The summed E-state index contributed by atoms with van der Waals surface area (Å²) in [4.78, 5) is 37.4. The number of carbonyl (C=O) groups excluding carboxylic acids is 3. The van der Waals surface area contributed by atoms with Crippen molar-refractivity contribution in [1.82, 2.24) is 9.21 Å². The minimum Gasteiger partial charge on any atom is -0.619 e. The maximum atomic E-state index is 12.9. The highest BCUT2D eigenvalue weighted by atomic mass is 32.2. The minimum absolute atomic E-state index is 0.0836. The Bertz CT molecular complexity index is 901. The molecule has 3 rings (SSSR count). The number of aromatic nitrogens is 1. The lowest BCUT2D eigenvalue weighted by molar-refractivity contribution is -0.605. The van der Waals surface area contributed by atoms with Crippen molar-refractivity contribution in [1.29, 1.82) is 0 Å². The van der Waals surface area contributed by atoms with E-state index >= 15 is 0 Å². The highest BCUT2D eigenvalue weighted by Gasteiger charge is 2.53. The molecular weight excluding hydrogens is 388 g/mol. The van der Waals surface area contributed by atoms with E-state index in [2.05, 4.69) is 0 Å². The van der Waals surface area contributed by atoms with E-state index in [0.717, 1.165) is 16.7 Å². The smallest absolute Gasteiger partial charge is 0.244 e. The van der Waals surface area contributed by atoms with Gasteiger partial charge in [-0.3, -0.25) is 14.4 Å². The molecule has 3 heterocycles. The lowest BCUT2D eigenvalue weighted by Crippen LogP contribution is -2.43. The van der Waals surface area contributed by atoms with Crippen LogP contribution < -0.4 is 10.5 Å². The maximum absolute atomic E-state index is 12.9. The van der Waals surface area contributed by atoms with E-state index in [1.807, 2.05) is 0 Å². The molecule has 0 aromatic carbocycles. The van der Waals surface area contributed by atoms with Gasteiger partial charge in [0.15, 0.2) is 18.2 Å². The zero-order chi connectivity index (χ0) is 20.6. The average Bonchev–Trinajstić information content (AvgIpc) is 3.21. The largest absolute Gasteiger partial charge is 0.619 e. The monoisotopic (exact) mass is 409 g/mol. The predicted octanol–water partition coefficient (Wildman–Crippen LogP) is -1.42. The molecule has 0 bridgehead atoms. The third-order valence-corrected chi connectivity index (χ3v) is 7.06. The lowest BCUT2D eigenvalue weighted by Gasteiger charge is -2.24. The molecule has 3 atom stereocenters. The summed E-state index contributed by atoms with van der Waals surface area (Å²) < 4.78 is 27.4. The molecule has 2 aliphatic rings. The van der Waals surface area contributed by atoms with Gasteiger partial charge < -0.3 is 15.8 Å². The number of hydrogen-bond donors (Lipinski definition) is 1. The number of rotatable bonds is 6. The van der Waals surface area contributed by atoms with E-state index in [1.165, 1.54) is 23.5 Å². The number of ketones is 1. The van der Waals surface area contributed by atoms with Crippen molar-refractivity contribution in [3.05, 3.63) is 36.2 Å². The summed E-state index contributed by atoms with van der Waals surface area (Å²) in [5, 5.41) is 11.2. The first-order valence-corrected chi connectivity index (χ1v) is 10.2. The first kappa shape index (κ1) is 20.2. The van der Waals surface area contributed by atoms with Gasteiger partial charge in [-0.2, -0.15) is 9.04 Å². The Morgan fingerprint density at radius 1 is 1.39 bits per heavy atom. The van der Waals surface area contributed by atoms with Crippen LogP contribution in [0.4, 0.5) is 0 Å². The summed E-state index contributed by atoms with van der Waals surface area (Å²) in [6.07, 6.45) is 3.93. The standard InChI is InChI=1S/C17H21N4O6S/c1-11(17(18)24)2-3-15(23)20-9-6-13-16(20)14(22)10-21(13)28(26,27)12-4-7-19(25)8-5-12/h3-5,7-8,11,13,16H,2,6,9-10H2,1H3,(H2,18,24). The van der Waals surface area contributed by atoms with Crippen molar-refractivity contribution in [2.24, 2.45) is 11.7 Å². The van der Waals surface area contributed by atoms with Crippen LogP contribution >= 0.6 is 0 Å². The van der Waals surface area contributed by atoms with Crippen molar-refractivity contribution in [2.75, 3.05) is 13.1 Å². The van der Waals surface area contributed by atoms with Crippen molar-refractivity contribution < 1.29 is 27.5 Å². The predicted molar refractivity (Wildman–Crippen MR) is 95.5 cm³/mol. The number of fused-ring (bicyclic) bond motifs is 1. The number of likely N-dealkylation sites (tertiary alicyclic amines) is 1. The van der Waals surface area contributed by atoms with E-state index in [0.29, 0.717) is 11.2 Å². The molecule has 28 heavy (non-hydrogen) atoms. The number of carbonyl (C=O) groups is 3. The van der Waals surface area contributed by atoms with E-state index < -0.39 is 39.8 Å². The Morgan fingerprint density at radius 3 is 2.64 bits per heavy atom. The number of sulfonamides is 1. The SMILES string of the molecule is CC(C[CH]C(=O)N1CCC2C1C(=O)CN2S(=O)(=O)c1cc[n+]([O-])cc1)C(N)=O. The topological polar surface area (TPSA) is 145 Å². The van der Waals surface area contributed by atoms with E-state index in [1.54, 1.807) is 6.92 Å². The van der Waals surface area contributed by atoms with Gasteiger partial charge in [-0.25, -0.2) is 8.42 Å². The van der Waals surface area contributed by atoms with Crippen molar-refractivity contribution in [3.8, 4) is 0 Å². The molecule has 0 saturated carbocycles. The zero-order valence-corrected chi connectivity index (χ0v) is 16.0. The Balaban J connectivity index is 1.76. The van der Waals surface area contributed by atoms with Gasteiger partial charge in [0.1, 0.15) is 6.04 Å². The van der Waals surface area contributed by atoms with Crippen LogP contribution in [0.2, 0.25) is 0 Å². The fraction of sp³-hybridized carbons (Fsp3) is 0.471. The van der Waals surface area contributed by atoms with Crippen LogP contribution in [0.3, 0.4) is 0 Å². The molecular formula is C17H21N4O6S. The highest BCUT2D eigenvalue weighted by molar-refractivity contribution is 7.89. The molecule has 1 radical (unpaired) electrons. The van der Waals surface area contributed by atoms with Gasteiger partial charge in [-0.1, -0.05) is 6.92 Å². The van der Waals surface area contributed by atoms with Gasteiger partial charge in [-0.05, 0) is 12.8 Å². The Morgan fingerprint density at radius 2 is 2.04 bits per heavy atom. The van der Waals surface area contributed by atoms with E-state index in [-0.39, 0.29) is 30.2 Å². The number of primary amides is 1. The lowest BCUT2D eigenvalue weighted by atomic mass is 10.0. The molecule has 0 spiro atoms. The van der Waals surface area contributed by atoms with E-state index in [9.17, 15) is 28.0 Å². The summed E-state index contributed by atoms with van der Waals surface area (Å²) in [6, 6.07) is 0.854. The second-order valence-corrected chi connectivity index (χ2v) is 8.88. The van der Waals surface area contributed by atoms with Gasteiger partial charge in [-0.15, -0.1) is 0 Å². The summed E-state index contributed by atoms with van der Waals surface area (Å²) in [6.45, 7) is 1.51. The number of Topliss-reactive ketones (excluding diaryl/α,β-unsaturated/α-hetero) is 1. The summed E-state index contributed by atoms with van der Waals surface area (Å²) >= 11 is 0. The molecule has 2 aliphatic heterocycles. The second-order valence-electron chi connectivity index (χ2n) is 6.99. The molecule has 1 aromatic heterocycles. The Kier molecular flexibility index (Phi) is 5.39. The third kappa shape index (κ3) is 3.59.